The monoisotopic (exact) mass is 978 g/mol. The van der Waals surface area contributed by atoms with Crippen LogP contribution < -0.4 is 26.6 Å². The number of carbonyl (C=O) groups excluding carboxylic acids is 11. The number of imide groups is 3. The number of alkyl carbamates (subject to hydrolysis) is 1. The highest BCUT2D eigenvalue weighted by atomic mass is 16.6. The number of hydrogen-bond acceptors (Lipinski definition) is 14. The Kier molecular flexibility index (Phi) is 18.8. The maximum absolute atomic E-state index is 14.2. The highest BCUT2D eigenvalue weighted by molar-refractivity contribution is 6.14. The van der Waals surface area contributed by atoms with E-state index < -0.39 is 96.3 Å². The number of fused-ring (bicyclic) bond motifs is 2. The third-order valence-electron chi connectivity index (χ3n) is 11.7. The molecule has 4 aliphatic rings. The number of benzene rings is 2. The molecule has 5 N–H and O–H groups in total. The highest BCUT2D eigenvalue weighted by Gasteiger charge is 2.40. The van der Waals surface area contributed by atoms with Gasteiger partial charge in [0, 0.05) is 120 Å². The summed E-state index contributed by atoms with van der Waals surface area (Å²) in [7, 11) is 0. The molecule has 2 aromatic carbocycles. The number of rotatable bonds is 26. The van der Waals surface area contributed by atoms with Crippen LogP contribution in [-0.2, 0) is 68.6 Å². The fourth-order valence-electron chi connectivity index (χ4n) is 7.67. The summed E-state index contributed by atoms with van der Waals surface area (Å²) in [6, 6.07) is 15.6. The summed E-state index contributed by atoms with van der Waals surface area (Å²) in [5.74, 6) is -6.48. The van der Waals surface area contributed by atoms with Crippen molar-refractivity contribution in [3.8, 4) is 0 Å². The number of ether oxygens (including phenoxy) is 3. The summed E-state index contributed by atoms with van der Waals surface area (Å²) >= 11 is 0. The number of amides is 11. The molecule has 0 fully saturated rings. The van der Waals surface area contributed by atoms with Gasteiger partial charge in [-0.3, -0.25) is 62.6 Å². The SMILES string of the molecule is O=C(CCN1C(=O)C=CC1=O)NCC(CNC(=O)CCN1C(=O)C=CC1=O)(CNC(=O)CCN1C(=O)C=CC1=O)C(=O)NCCOCCOCCNC(=O)O[C@@H]1Cc2ccccc2/C=C\c2ccccc21. The van der Waals surface area contributed by atoms with Gasteiger partial charge in [-0.15, -0.1) is 0 Å². The van der Waals surface area contributed by atoms with Gasteiger partial charge in [-0.05, 0) is 16.7 Å². The first-order valence-electron chi connectivity index (χ1n) is 22.9. The van der Waals surface area contributed by atoms with Crippen LogP contribution in [0.5, 0.6) is 0 Å². The van der Waals surface area contributed by atoms with E-state index >= 15 is 0 Å². The van der Waals surface area contributed by atoms with E-state index in [2.05, 4.69) is 26.6 Å². The van der Waals surface area contributed by atoms with Crippen molar-refractivity contribution in [3.63, 3.8) is 0 Å². The molecule has 1 aliphatic carbocycles. The Morgan fingerprint density at radius 1 is 0.493 bits per heavy atom. The van der Waals surface area contributed by atoms with Crippen molar-refractivity contribution < 1.29 is 67.0 Å². The van der Waals surface area contributed by atoms with E-state index in [4.69, 9.17) is 14.2 Å². The van der Waals surface area contributed by atoms with Gasteiger partial charge in [0.15, 0.2) is 0 Å². The van der Waals surface area contributed by atoms with E-state index in [0.717, 1.165) is 73.4 Å². The second kappa shape index (κ2) is 25.5. The summed E-state index contributed by atoms with van der Waals surface area (Å²) in [6.07, 6.45) is 8.71. The first-order chi connectivity index (χ1) is 34.2. The maximum Gasteiger partial charge on any atom is 0.407 e. The van der Waals surface area contributed by atoms with Crippen LogP contribution in [0.3, 0.4) is 0 Å². The minimum absolute atomic E-state index is 0.0359. The van der Waals surface area contributed by atoms with E-state index in [1.807, 2.05) is 60.7 Å². The van der Waals surface area contributed by atoms with Gasteiger partial charge in [-0.1, -0.05) is 60.7 Å². The molecular formula is C49H54N8O14. The fourth-order valence-corrected chi connectivity index (χ4v) is 7.67. The van der Waals surface area contributed by atoms with Gasteiger partial charge in [0.1, 0.15) is 11.5 Å². The Balaban J connectivity index is 0.997. The lowest BCUT2D eigenvalue weighted by atomic mass is 9.85. The molecule has 1 atom stereocenters. The largest absolute Gasteiger partial charge is 0.441 e. The van der Waals surface area contributed by atoms with E-state index in [1.54, 1.807) is 0 Å². The Morgan fingerprint density at radius 3 is 1.38 bits per heavy atom. The van der Waals surface area contributed by atoms with Gasteiger partial charge in [0.05, 0.1) is 26.4 Å². The number of hydrogen-bond donors (Lipinski definition) is 5. The summed E-state index contributed by atoms with van der Waals surface area (Å²) in [4.78, 5) is 141. The molecule has 374 valence electrons. The van der Waals surface area contributed by atoms with Crippen molar-refractivity contribution >= 4 is 77.3 Å². The van der Waals surface area contributed by atoms with E-state index in [1.165, 1.54) is 0 Å². The highest BCUT2D eigenvalue weighted by Crippen LogP contribution is 2.31. The van der Waals surface area contributed by atoms with Gasteiger partial charge in [0.25, 0.3) is 35.4 Å². The zero-order chi connectivity index (χ0) is 50.8. The average Bonchev–Trinajstić information content (AvgIpc) is 3.99. The quantitative estimate of drug-likeness (QED) is 0.0594. The summed E-state index contributed by atoms with van der Waals surface area (Å²) in [5, 5.41) is 13.2. The molecule has 0 unspecified atom stereocenters. The van der Waals surface area contributed by atoms with Crippen molar-refractivity contribution in [2.24, 2.45) is 5.41 Å². The van der Waals surface area contributed by atoms with Gasteiger partial charge >= 0.3 is 6.09 Å². The minimum Gasteiger partial charge on any atom is -0.441 e. The topological polar surface area (TPSA) is 285 Å². The molecule has 3 aliphatic heterocycles. The van der Waals surface area contributed by atoms with E-state index in [-0.39, 0.29) is 78.4 Å². The van der Waals surface area contributed by atoms with Crippen molar-refractivity contribution in [1.82, 2.24) is 41.3 Å². The molecule has 0 aromatic heterocycles. The van der Waals surface area contributed by atoms with Gasteiger partial charge in [0.2, 0.25) is 23.6 Å². The normalized spacial score (nSPS) is 16.4. The van der Waals surface area contributed by atoms with Crippen LogP contribution in [0.25, 0.3) is 12.2 Å². The predicted octanol–water partition coefficient (Wildman–Crippen LogP) is -0.390. The number of carbonyl (C=O) groups is 11. The van der Waals surface area contributed by atoms with Crippen molar-refractivity contribution in [1.29, 1.82) is 0 Å². The number of nitrogens with zero attached hydrogens (tertiary/aromatic N) is 3. The second-order valence-corrected chi connectivity index (χ2v) is 16.5. The lowest BCUT2D eigenvalue weighted by Gasteiger charge is -2.33. The molecule has 0 radical (unpaired) electrons. The smallest absolute Gasteiger partial charge is 0.407 e. The summed E-state index contributed by atoms with van der Waals surface area (Å²) < 4.78 is 17.1. The van der Waals surface area contributed by atoms with Crippen LogP contribution in [0.4, 0.5) is 4.79 Å². The molecule has 2 aromatic rings. The van der Waals surface area contributed by atoms with E-state index in [0.29, 0.717) is 6.42 Å². The Bertz CT molecular complexity index is 2330. The molecular weight excluding hydrogens is 925 g/mol. The van der Waals surface area contributed by atoms with Crippen LogP contribution in [0.15, 0.2) is 85.0 Å². The zero-order valence-electron chi connectivity index (χ0n) is 38.7. The molecule has 22 heteroatoms. The molecule has 0 saturated carbocycles. The zero-order valence-corrected chi connectivity index (χ0v) is 38.7. The third-order valence-corrected chi connectivity index (χ3v) is 11.7. The Morgan fingerprint density at radius 2 is 0.901 bits per heavy atom. The van der Waals surface area contributed by atoms with Crippen LogP contribution in [0, 0.1) is 5.41 Å². The maximum atomic E-state index is 14.2. The molecule has 0 spiro atoms. The molecule has 6 rings (SSSR count). The van der Waals surface area contributed by atoms with Crippen LogP contribution in [-0.4, -0.2) is 159 Å². The molecule has 71 heavy (non-hydrogen) atoms. The summed E-state index contributed by atoms with van der Waals surface area (Å²) in [6.45, 7) is -1.98. The van der Waals surface area contributed by atoms with Crippen molar-refractivity contribution in [3.05, 3.63) is 107 Å². The molecule has 22 nitrogen and oxygen atoms in total. The molecule has 0 bridgehead atoms. The lowest BCUT2D eigenvalue weighted by Crippen LogP contribution is -2.59. The average molecular weight is 979 g/mol. The van der Waals surface area contributed by atoms with E-state index in [9.17, 15) is 52.7 Å². The van der Waals surface area contributed by atoms with Crippen LogP contribution >= 0.6 is 0 Å². The Hall–Kier alpha value is -8.11. The molecule has 11 amide bonds. The summed E-state index contributed by atoms with van der Waals surface area (Å²) in [5.41, 5.74) is 2.09. The third kappa shape index (κ3) is 14.9. The van der Waals surface area contributed by atoms with Crippen molar-refractivity contribution in [2.75, 3.05) is 78.8 Å². The van der Waals surface area contributed by atoms with Crippen molar-refractivity contribution in [2.45, 2.75) is 31.8 Å². The lowest BCUT2D eigenvalue weighted by molar-refractivity contribution is -0.139. The molecule has 0 saturated heterocycles. The van der Waals surface area contributed by atoms with Gasteiger partial charge in [-0.25, -0.2) is 4.79 Å². The van der Waals surface area contributed by atoms with Crippen LogP contribution in [0.1, 0.15) is 47.6 Å². The minimum atomic E-state index is -1.83. The van der Waals surface area contributed by atoms with Gasteiger partial charge in [-0.2, -0.15) is 0 Å². The first kappa shape index (κ1) is 52.3. The Labute approximate surface area is 407 Å². The predicted molar refractivity (Wildman–Crippen MR) is 250 cm³/mol. The fraction of sp³-hybridized carbons (Fsp3) is 0.367. The standard InChI is InChI=1S/C49H54N8O14/c58-38(17-22-55-41(61)11-12-42(55)62)52-30-49(31-53-39(59)18-23-56-43(63)13-14-44(56)64,32-54-40(60)19-24-57-45(65)15-16-46(57)66)47(67)50-20-25-69-27-28-70-26-21-51-48(68)71-37-29-35-7-2-1-5-33(35)9-10-34-6-3-4-8-36(34)37/h1-16,37H,17-32H2,(H,50,67)(H,51,68)(H,52,58)(H,53,59)(H,54,60)/b10-9-/t37-/m1/s1. The van der Waals surface area contributed by atoms with Gasteiger partial charge < -0.3 is 40.8 Å². The number of nitrogens with one attached hydrogen (secondary N) is 5. The first-order valence-corrected chi connectivity index (χ1v) is 22.9. The van der Waals surface area contributed by atoms with Crippen LogP contribution in [0.2, 0.25) is 0 Å². The second-order valence-electron chi connectivity index (χ2n) is 16.5. The molecule has 3 heterocycles.